The van der Waals surface area contributed by atoms with Crippen LogP contribution in [0.5, 0.6) is 11.5 Å². The van der Waals surface area contributed by atoms with Crippen molar-refractivity contribution in [2.24, 2.45) is 0 Å². The molecule has 0 saturated carbocycles. The van der Waals surface area contributed by atoms with Gasteiger partial charge in [0.05, 0.1) is 18.1 Å². The molecule has 0 bridgehead atoms. The van der Waals surface area contributed by atoms with Gasteiger partial charge in [0.15, 0.2) is 0 Å². The molecular formula is C25H32O4. The first kappa shape index (κ1) is 21.2. The van der Waals surface area contributed by atoms with Gasteiger partial charge in [-0.3, -0.25) is 0 Å². The number of hydrogen-bond acceptors (Lipinski definition) is 4. The lowest BCUT2D eigenvalue weighted by Crippen LogP contribution is -2.35. The normalized spacial score (nSPS) is 21.0. The van der Waals surface area contributed by atoms with Crippen molar-refractivity contribution in [2.75, 3.05) is 7.11 Å². The highest BCUT2D eigenvalue weighted by molar-refractivity contribution is 5.86. The number of allylic oxidation sites excluding steroid dienone is 4. The summed E-state index contributed by atoms with van der Waals surface area (Å²) >= 11 is 0. The van der Waals surface area contributed by atoms with Crippen LogP contribution in [0.1, 0.15) is 65.9 Å². The minimum Gasteiger partial charge on any atom is -0.497 e. The van der Waals surface area contributed by atoms with Crippen LogP contribution < -0.4 is 15.1 Å². The van der Waals surface area contributed by atoms with Crippen molar-refractivity contribution in [2.45, 2.75) is 71.8 Å². The Labute approximate surface area is 173 Å². The molecule has 0 radical (unpaired) electrons. The second kappa shape index (κ2) is 8.48. The van der Waals surface area contributed by atoms with Gasteiger partial charge in [-0.25, -0.2) is 4.79 Å². The molecule has 1 aliphatic heterocycles. The number of benzene rings is 1. The van der Waals surface area contributed by atoms with E-state index in [1.807, 2.05) is 19.1 Å². The van der Waals surface area contributed by atoms with Crippen LogP contribution in [0.3, 0.4) is 0 Å². The highest BCUT2D eigenvalue weighted by Crippen LogP contribution is 2.47. The second-order valence-corrected chi connectivity index (χ2v) is 8.54. The van der Waals surface area contributed by atoms with Gasteiger partial charge in [0, 0.05) is 11.5 Å². The van der Waals surface area contributed by atoms with Crippen LogP contribution in [-0.4, -0.2) is 13.2 Å². The Hall–Kier alpha value is -2.49. The summed E-state index contributed by atoms with van der Waals surface area (Å²) < 4.78 is 17.1. The Morgan fingerprint density at radius 1 is 1.21 bits per heavy atom. The van der Waals surface area contributed by atoms with Crippen LogP contribution in [0.15, 0.2) is 50.7 Å². The van der Waals surface area contributed by atoms with Crippen LogP contribution in [0, 0.1) is 0 Å². The van der Waals surface area contributed by atoms with Gasteiger partial charge in [0.1, 0.15) is 23.2 Å². The van der Waals surface area contributed by atoms with Crippen LogP contribution in [-0.2, 0) is 5.41 Å². The molecule has 0 saturated heterocycles. The van der Waals surface area contributed by atoms with Crippen molar-refractivity contribution in [1.29, 1.82) is 0 Å². The highest BCUT2D eigenvalue weighted by atomic mass is 16.5. The fourth-order valence-electron chi connectivity index (χ4n) is 4.04. The maximum absolute atomic E-state index is 12.9. The van der Waals surface area contributed by atoms with E-state index in [9.17, 15) is 4.79 Å². The Morgan fingerprint density at radius 3 is 2.66 bits per heavy atom. The van der Waals surface area contributed by atoms with Crippen LogP contribution >= 0.6 is 0 Å². The summed E-state index contributed by atoms with van der Waals surface area (Å²) in [5.41, 5.74) is 3.22. The van der Waals surface area contributed by atoms with E-state index in [0.717, 1.165) is 31.1 Å². The average Bonchev–Trinajstić information content (AvgIpc) is 2.92. The number of hydrogen-bond donors (Lipinski definition) is 0. The summed E-state index contributed by atoms with van der Waals surface area (Å²) in [5.74, 6) is 1.32. The topological polar surface area (TPSA) is 48.7 Å². The Balaban J connectivity index is 1.85. The van der Waals surface area contributed by atoms with E-state index in [4.69, 9.17) is 13.9 Å². The zero-order valence-corrected chi connectivity index (χ0v) is 18.4. The maximum Gasteiger partial charge on any atom is 0.343 e. The van der Waals surface area contributed by atoms with E-state index in [-0.39, 0.29) is 17.1 Å². The third-order valence-electron chi connectivity index (χ3n) is 6.08. The third-order valence-corrected chi connectivity index (χ3v) is 6.08. The molecule has 0 fully saturated rings. The van der Waals surface area contributed by atoms with Gasteiger partial charge >= 0.3 is 5.63 Å². The summed E-state index contributed by atoms with van der Waals surface area (Å²) in [4.78, 5) is 12.9. The van der Waals surface area contributed by atoms with E-state index < -0.39 is 0 Å². The maximum atomic E-state index is 12.9. The van der Waals surface area contributed by atoms with Crippen LogP contribution in [0.2, 0.25) is 0 Å². The molecule has 0 N–H and O–H groups in total. The number of methoxy groups -OCH3 is 1. The molecule has 1 aromatic heterocycles. The summed E-state index contributed by atoms with van der Waals surface area (Å²) in [6.07, 6.45) is 8.36. The molecule has 1 aromatic carbocycles. The molecule has 0 spiro atoms. The summed E-state index contributed by atoms with van der Waals surface area (Å²) in [6, 6.07) is 5.51. The zero-order chi connectivity index (χ0) is 21.2. The van der Waals surface area contributed by atoms with E-state index >= 15 is 0 Å². The molecular weight excluding hydrogens is 364 g/mol. The van der Waals surface area contributed by atoms with Gasteiger partial charge < -0.3 is 13.9 Å². The average molecular weight is 397 g/mol. The summed E-state index contributed by atoms with van der Waals surface area (Å²) in [6.45, 7) is 10.6. The van der Waals surface area contributed by atoms with Crippen LogP contribution in [0.4, 0.5) is 0 Å². The van der Waals surface area contributed by atoms with Gasteiger partial charge in [-0.15, -0.1) is 0 Å². The van der Waals surface area contributed by atoms with Gasteiger partial charge in [0.25, 0.3) is 0 Å². The van der Waals surface area contributed by atoms with Gasteiger partial charge in [-0.1, -0.05) is 30.2 Å². The van der Waals surface area contributed by atoms with Crippen molar-refractivity contribution >= 4 is 11.0 Å². The lowest BCUT2D eigenvalue weighted by atomic mass is 9.76. The molecule has 1 aliphatic rings. The molecule has 2 heterocycles. The highest BCUT2D eigenvalue weighted by Gasteiger charge is 2.46. The van der Waals surface area contributed by atoms with E-state index in [0.29, 0.717) is 22.6 Å². The van der Waals surface area contributed by atoms with Crippen molar-refractivity contribution in [3.05, 3.63) is 57.5 Å². The Bertz CT molecular complexity index is 1010. The third kappa shape index (κ3) is 4.26. The molecule has 3 rings (SSSR count). The van der Waals surface area contributed by atoms with Gasteiger partial charge in [0.2, 0.25) is 0 Å². The molecule has 4 nitrogen and oxygen atoms in total. The minimum atomic E-state index is -0.374. The fraction of sp³-hybridized carbons (Fsp3) is 0.480. The number of fused-ring (bicyclic) bond motifs is 3. The predicted octanol–water partition coefficient (Wildman–Crippen LogP) is 6.31. The quantitative estimate of drug-likeness (QED) is 0.406. The smallest absolute Gasteiger partial charge is 0.343 e. The summed E-state index contributed by atoms with van der Waals surface area (Å²) in [7, 11) is 1.59. The number of ether oxygens (including phenoxy) is 2. The zero-order valence-electron chi connectivity index (χ0n) is 18.4. The molecule has 2 aromatic rings. The Morgan fingerprint density at radius 2 is 1.97 bits per heavy atom. The number of rotatable bonds is 7. The standard InChI is InChI=1S/C25H32O4/c1-16(2)9-7-10-17(3)11-8-14-25(5)18(4)28-23-20-13-12-19(27-6)15-21(20)29-24(26)22(23)25/h9,11-13,15,18H,7-8,10,14H2,1-6H3/b17-11+/t18-,25-/m0/s1. The Kier molecular flexibility index (Phi) is 6.21. The first-order valence-corrected chi connectivity index (χ1v) is 10.4. The minimum absolute atomic E-state index is 0.0903. The fourth-order valence-corrected chi connectivity index (χ4v) is 4.04. The van der Waals surface area contributed by atoms with Crippen LogP contribution in [0.25, 0.3) is 11.0 Å². The molecule has 0 amide bonds. The van der Waals surface area contributed by atoms with Gasteiger partial charge in [-0.2, -0.15) is 0 Å². The summed E-state index contributed by atoms with van der Waals surface area (Å²) in [5, 5.41) is 0.824. The molecule has 2 atom stereocenters. The van der Waals surface area contributed by atoms with E-state index in [1.54, 1.807) is 13.2 Å². The lowest BCUT2D eigenvalue weighted by molar-refractivity contribution is 0.169. The van der Waals surface area contributed by atoms with E-state index in [1.165, 1.54) is 11.1 Å². The van der Waals surface area contributed by atoms with Crippen molar-refractivity contribution in [3.8, 4) is 11.5 Å². The SMILES string of the molecule is COc1ccc2c3c(c(=O)oc2c1)[C@@](C)(CC/C=C(\C)CCC=C(C)C)[C@H](C)O3. The van der Waals surface area contributed by atoms with Gasteiger partial charge in [-0.05, 0) is 65.5 Å². The molecule has 156 valence electrons. The van der Waals surface area contributed by atoms with Crippen molar-refractivity contribution in [1.82, 2.24) is 0 Å². The lowest BCUT2D eigenvalue weighted by Gasteiger charge is -2.26. The predicted molar refractivity (Wildman–Crippen MR) is 118 cm³/mol. The van der Waals surface area contributed by atoms with Crippen molar-refractivity contribution < 1.29 is 13.9 Å². The largest absolute Gasteiger partial charge is 0.497 e. The first-order chi connectivity index (χ1) is 13.8. The molecule has 29 heavy (non-hydrogen) atoms. The first-order valence-electron chi connectivity index (χ1n) is 10.4. The molecule has 0 unspecified atom stereocenters. The van der Waals surface area contributed by atoms with Crippen molar-refractivity contribution in [3.63, 3.8) is 0 Å². The molecule has 4 heteroatoms. The molecule has 0 aliphatic carbocycles. The van der Waals surface area contributed by atoms with E-state index in [2.05, 4.69) is 39.8 Å². The monoisotopic (exact) mass is 396 g/mol. The second-order valence-electron chi connectivity index (χ2n) is 8.54.